The van der Waals surface area contributed by atoms with Gasteiger partial charge in [0.2, 0.25) is 5.91 Å². The Morgan fingerprint density at radius 1 is 1.35 bits per heavy atom. The van der Waals surface area contributed by atoms with Gasteiger partial charge in [0.15, 0.2) is 15.0 Å². The summed E-state index contributed by atoms with van der Waals surface area (Å²) in [7, 11) is -3.20. The number of sulfone groups is 1. The van der Waals surface area contributed by atoms with Gasteiger partial charge in [-0.1, -0.05) is 37.6 Å². The zero-order valence-corrected chi connectivity index (χ0v) is 17.5. The number of nitrogens with zero attached hydrogens (tertiary/aromatic N) is 1. The van der Waals surface area contributed by atoms with Gasteiger partial charge in [-0.25, -0.2) is 13.4 Å². The normalized spacial score (nSPS) is 11.7. The molecule has 1 aromatic heterocycles. The van der Waals surface area contributed by atoms with E-state index in [2.05, 4.69) is 10.3 Å². The Labute approximate surface area is 163 Å². The molecule has 0 aliphatic heterocycles. The average molecular weight is 415 g/mol. The van der Waals surface area contributed by atoms with Gasteiger partial charge in [-0.2, -0.15) is 0 Å². The maximum atomic E-state index is 12.0. The van der Waals surface area contributed by atoms with Crippen LogP contribution in [0.15, 0.2) is 24.4 Å². The fourth-order valence-corrected chi connectivity index (χ4v) is 5.16. The number of anilines is 1. The van der Waals surface area contributed by atoms with Crippen LogP contribution >= 0.6 is 22.9 Å². The molecule has 1 heterocycles. The number of thiazole rings is 1. The van der Waals surface area contributed by atoms with Crippen molar-refractivity contribution in [3.63, 3.8) is 0 Å². The topological polar surface area (TPSA) is 76.1 Å². The molecule has 2 aromatic rings. The molecule has 5 nitrogen and oxygen atoms in total. The Bertz CT molecular complexity index is 876. The van der Waals surface area contributed by atoms with Crippen molar-refractivity contribution in [2.24, 2.45) is 5.92 Å². The predicted molar refractivity (Wildman–Crippen MR) is 108 cm³/mol. The molecular formula is C18H23ClN2O3S2. The highest BCUT2D eigenvalue weighted by Crippen LogP contribution is 2.24. The van der Waals surface area contributed by atoms with E-state index in [0.29, 0.717) is 11.6 Å². The lowest BCUT2D eigenvalue weighted by Crippen LogP contribution is -2.20. The molecule has 0 spiro atoms. The van der Waals surface area contributed by atoms with E-state index >= 15 is 0 Å². The summed E-state index contributed by atoms with van der Waals surface area (Å²) < 4.78 is 23.7. The summed E-state index contributed by atoms with van der Waals surface area (Å²) >= 11 is 7.51. The molecule has 2 rings (SSSR count). The lowest BCUT2D eigenvalue weighted by molar-refractivity contribution is -0.115. The van der Waals surface area contributed by atoms with Crippen LogP contribution in [0.1, 0.15) is 36.3 Å². The van der Waals surface area contributed by atoms with Gasteiger partial charge in [0, 0.05) is 28.9 Å². The highest BCUT2D eigenvalue weighted by atomic mass is 35.5. The van der Waals surface area contributed by atoms with E-state index in [1.54, 1.807) is 6.20 Å². The quantitative estimate of drug-likeness (QED) is 0.705. The Hall–Kier alpha value is -1.44. The van der Waals surface area contributed by atoms with Crippen LogP contribution in [-0.2, 0) is 21.1 Å². The maximum Gasteiger partial charge on any atom is 0.227 e. The van der Waals surface area contributed by atoms with Crippen LogP contribution in [0.2, 0.25) is 5.02 Å². The number of hydrogen-bond donors (Lipinski definition) is 1. The first kappa shape index (κ1) is 20.9. The number of aryl methyl sites for hydroxylation is 1. The molecule has 0 aliphatic rings. The summed E-state index contributed by atoms with van der Waals surface area (Å²) in [4.78, 5) is 17.2. The Kier molecular flexibility index (Phi) is 7.20. The lowest BCUT2D eigenvalue weighted by atomic mass is 10.1. The third-order valence-electron chi connectivity index (χ3n) is 3.64. The van der Waals surface area contributed by atoms with E-state index in [-0.39, 0.29) is 29.8 Å². The Balaban J connectivity index is 1.89. The molecule has 26 heavy (non-hydrogen) atoms. The van der Waals surface area contributed by atoms with Crippen LogP contribution in [0.5, 0.6) is 0 Å². The number of aromatic nitrogens is 1. The van der Waals surface area contributed by atoms with Crippen LogP contribution in [0.25, 0.3) is 0 Å². The smallest absolute Gasteiger partial charge is 0.227 e. The summed E-state index contributed by atoms with van der Waals surface area (Å²) in [6.45, 7) is 5.64. The second kappa shape index (κ2) is 8.97. The van der Waals surface area contributed by atoms with E-state index in [1.807, 2.05) is 39.0 Å². The summed E-state index contributed by atoms with van der Waals surface area (Å²) in [5.41, 5.74) is 2.10. The summed E-state index contributed by atoms with van der Waals surface area (Å²) in [5.74, 6) is -0.325. The van der Waals surface area contributed by atoms with Crippen LogP contribution in [0.3, 0.4) is 0 Å². The van der Waals surface area contributed by atoms with Gasteiger partial charge >= 0.3 is 0 Å². The van der Waals surface area contributed by atoms with Crippen molar-refractivity contribution >= 4 is 43.8 Å². The molecule has 0 atom stereocenters. The van der Waals surface area contributed by atoms with Crippen molar-refractivity contribution in [3.05, 3.63) is 45.4 Å². The van der Waals surface area contributed by atoms with E-state index in [0.717, 1.165) is 21.0 Å². The third-order valence-corrected chi connectivity index (χ3v) is 6.96. The predicted octanol–water partition coefficient (Wildman–Crippen LogP) is 4.10. The van der Waals surface area contributed by atoms with Crippen LogP contribution in [0.4, 0.5) is 5.13 Å². The fourth-order valence-electron chi connectivity index (χ4n) is 2.42. The molecule has 1 N–H and O–H groups in total. The number of rotatable bonds is 8. The van der Waals surface area contributed by atoms with Crippen molar-refractivity contribution in [3.8, 4) is 0 Å². The largest absolute Gasteiger partial charge is 0.302 e. The van der Waals surface area contributed by atoms with Gasteiger partial charge in [-0.15, -0.1) is 11.3 Å². The second-order valence-electron chi connectivity index (χ2n) is 6.70. The minimum absolute atomic E-state index is 0.0554. The molecule has 0 saturated carbocycles. The zero-order valence-electron chi connectivity index (χ0n) is 15.1. The number of nitrogens with one attached hydrogen (secondary N) is 1. The van der Waals surface area contributed by atoms with Crippen LogP contribution < -0.4 is 5.32 Å². The molecule has 0 unspecified atom stereocenters. The average Bonchev–Trinajstić information content (AvgIpc) is 2.95. The van der Waals surface area contributed by atoms with Gasteiger partial charge < -0.3 is 5.32 Å². The van der Waals surface area contributed by atoms with E-state index < -0.39 is 9.84 Å². The van der Waals surface area contributed by atoms with Crippen molar-refractivity contribution < 1.29 is 13.2 Å². The monoisotopic (exact) mass is 414 g/mol. The SMILES string of the molecule is Cc1ccc(Cc2cnc(NC(=O)CCS(=O)(=O)CC(C)C)s2)cc1Cl. The molecule has 8 heteroatoms. The summed E-state index contributed by atoms with van der Waals surface area (Å²) in [6.07, 6.45) is 2.33. The number of benzene rings is 1. The third kappa shape index (κ3) is 6.70. The standard InChI is InChI=1S/C18H23ClN2O3S2/c1-12(2)11-26(23,24)7-6-17(22)21-18-20-10-15(25-18)8-14-5-4-13(3)16(19)9-14/h4-5,9-10,12H,6-8,11H2,1-3H3,(H,20,21,22). The Morgan fingerprint density at radius 2 is 2.08 bits per heavy atom. The fraction of sp³-hybridized carbons (Fsp3) is 0.444. The summed E-state index contributed by atoms with van der Waals surface area (Å²) in [5, 5.41) is 3.87. The first-order chi connectivity index (χ1) is 12.1. The number of carbonyl (C=O) groups excluding carboxylic acids is 1. The first-order valence-corrected chi connectivity index (χ1v) is 11.4. The van der Waals surface area contributed by atoms with Crippen molar-refractivity contribution in [2.75, 3.05) is 16.8 Å². The zero-order chi connectivity index (χ0) is 19.3. The van der Waals surface area contributed by atoms with Gasteiger partial charge in [0.1, 0.15) is 0 Å². The van der Waals surface area contributed by atoms with Crippen molar-refractivity contribution in [1.29, 1.82) is 0 Å². The van der Waals surface area contributed by atoms with E-state index in [4.69, 9.17) is 11.6 Å². The summed E-state index contributed by atoms with van der Waals surface area (Å²) in [6, 6.07) is 5.91. The van der Waals surface area contributed by atoms with Crippen molar-refractivity contribution in [1.82, 2.24) is 4.98 Å². The van der Waals surface area contributed by atoms with E-state index in [9.17, 15) is 13.2 Å². The lowest BCUT2D eigenvalue weighted by Gasteiger charge is -2.06. The number of amides is 1. The highest BCUT2D eigenvalue weighted by Gasteiger charge is 2.16. The van der Waals surface area contributed by atoms with Crippen LogP contribution in [-0.4, -0.2) is 30.8 Å². The number of hydrogen-bond acceptors (Lipinski definition) is 5. The molecule has 0 saturated heterocycles. The first-order valence-electron chi connectivity index (χ1n) is 8.34. The Morgan fingerprint density at radius 3 is 2.73 bits per heavy atom. The second-order valence-corrected chi connectivity index (χ2v) is 10.4. The van der Waals surface area contributed by atoms with Gasteiger partial charge in [-0.05, 0) is 30.0 Å². The molecule has 1 amide bonds. The minimum atomic E-state index is -3.20. The molecule has 0 radical (unpaired) electrons. The van der Waals surface area contributed by atoms with Gasteiger partial charge in [0.25, 0.3) is 0 Å². The molecule has 0 aliphatic carbocycles. The number of carbonyl (C=O) groups is 1. The van der Waals surface area contributed by atoms with Crippen LogP contribution in [0, 0.1) is 12.8 Å². The molecule has 0 fully saturated rings. The number of halogens is 1. The minimum Gasteiger partial charge on any atom is -0.302 e. The molecule has 142 valence electrons. The highest BCUT2D eigenvalue weighted by molar-refractivity contribution is 7.91. The molecule has 1 aromatic carbocycles. The molecular weight excluding hydrogens is 392 g/mol. The van der Waals surface area contributed by atoms with E-state index in [1.165, 1.54) is 11.3 Å². The maximum absolute atomic E-state index is 12.0. The molecule has 0 bridgehead atoms. The van der Waals surface area contributed by atoms with Gasteiger partial charge in [0.05, 0.1) is 11.5 Å². The van der Waals surface area contributed by atoms with Gasteiger partial charge in [-0.3, -0.25) is 4.79 Å². The van der Waals surface area contributed by atoms with Crippen molar-refractivity contribution in [2.45, 2.75) is 33.6 Å².